The molecule has 2 heteroatoms. The molecule has 0 radical (unpaired) electrons. The molecule has 156 valence electrons. The number of hydrogen-bond acceptors (Lipinski definition) is 1. The van der Waals surface area contributed by atoms with Crippen LogP contribution in [-0.2, 0) is 12.8 Å². The maximum absolute atomic E-state index is 7.94. The van der Waals surface area contributed by atoms with E-state index >= 15 is 0 Å². The highest BCUT2D eigenvalue weighted by Crippen LogP contribution is 2.36. The van der Waals surface area contributed by atoms with Gasteiger partial charge in [0, 0.05) is 20.4 Å². The molecule has 0 aliphatic rings. The number of para-hydroxylation sites is 1. The molecule has 1 atom stereocenters. The average molecular weight is 410 g/mol. The Morgan fingerprint density at radius 1 is 0.774 bits per heavy atom. The Morgan fingerprint density at radius 2 is 1.42 bits per heavy atom. The lowest BCUT2D eigenvalue weighted by Gasteiger charge is -2.19. The summed E-state index contributed by atoms with van der Waals surface area (Å²) < 4.78 is 26.1. The van der Waals surface area contributed by atoms with Crippen LogP contribution in [0.15, 0.2) is 72.9 Å². The van der Waals surface area contributed by atoms with Gasteiger partial charge in [-0.3, -0.25) is 4.40 Å². The molecule has 0 spiro atoms. The molecule has 2 aromatic heterocycles. The van der Waals surface area contributed by atoms with Crippen molar-refractivity contribution >= 4 is 27.3 Å². The molecule has 0 saturated heterocycles. The van der Waals surface area contributed by atoms with Gasteiger partial charge in [0.1, 0.15) is 5.65 Å². The monoisotopic (exact) mass is 409 g/mol. The summed E-state index contributed by atoms with van der Waals surface area (Å²) in [7, 11) is 0. The van der Waals surface area contributed by atoms with Crippen molar-refractivity contribution < 1.29 is 4.11 Å². The zero-order chi connectivity index (χ0) is 24.0. The first kappa shape index (κ1) is 16.5. The van der Waals surface area contributed by atoms with Gasteiger partial charge in [-0.1, -0.05) is 88.3 Å². The minimum Gasteiger partial charge on any atom is -0.292 e. The van der Waals surface area contributed by atoms with Gasteiger partial charge in [0.2, 0.25) is 0 Å². The predicted molar refractivity (Wildman–Crippen MR) is 133 cm³/mol. The van der Waals surface area contributed by atoms with Crippen LogP contribution in [-0.4, -0.2) is 9.38 Å². The van der Waals surface area contributed by atoms with Crippen LogP contribution in [0.2, 0.25) is 0 Å². The number of pyridine rings is 1. The van der Waals surface area contributed by atoms with Crippen LogP contribution >= 0.6 is 0 Å². The van der Waals surface area contributed by atoms with Crippen molar-refractivity contribution in [3.05, 3.63) is 84.1 Å². The number of fused-ring (bicyclic) bond motifs is 6. The van der Waals surface area contributed by atoms with E-state index in [-0.39, 0.29) is 0 Å². The molecule has 0 aliphatic carbocycles. The van der Waals surface area contributed by atoms with Gasteiger partial charge >= 0.3 is 0 Å². The number of hydrogen-bond donors (Lipinski definition) is 0. The molecule has 0 amide bonds. The second-order valence-electron chi connectivity index (χ2n) is 9.02. The van der Waals surface area contributed by atoms with E-state index in [1.807, 2.05) is 13.1 Å². The number of rotatable bonds is 5. The lowest BCUT2D eigenvalue weighted by Crippen LogP contribution is -2.05. The van der Waals surface area contributed by atoms with Gasteiger partial charge < -0.3 is 0 Å². The Labute approximate surface area is 188 Å². The van der Waals surface area contributed by atoms with Crippen LogP contribution in [0.1, 0.15) is 42.9 Å². The molecule has 1 unspecified atom stereocenters. The summed E-state index contributed by atoms with van der Waals surface area (Å²) in [6.45, 7) is 4.27. The normalized spacial score (nSPS) is 14.8. The summed E-state index contributed by atoms with van der Waals surface area (Å²) in [5, 5.41) is 3.49. The highest BCUT2D eigenvalue weighted by Gasteiger charge is 2.19. The quantitative estimate of drug-likeness (QED) is 0.272. The van der Waals surface area contributed by atoms with Gasteiger partial charge in [0.05, 0.1) is 17.4 Å². The highest BCUT2D eigenvalue weighted by molar-refractivity contribution is 6.12. The van der Waals surface area contributed by atoms with Crippen LogP contribution in [0, 0.1) is 11.8 Å². The Hall–Kier alpha value is -3.13. The fraction of sp³-hybridized carbons (Fsp3) is 0.276. The van der Waals surface area contributed by atoms with Gasteiger partial charge in [-0.2, -0.15) is 0 Å². The third-order valence-electron chi connectivity index (χ3n) is 6.01. The summed E-state index contributed by atoms with van der Waals surface area (Å²) in [6.07, 6.45) is 3.39. The minimum atomic E-state index is -1.99. The zero-order valence-electron chi connectivity index (χ0n) is 21.4. The van der Waals surface area contributed by atoms with Crippen LogP contribution in [0.4, 0.5) is 0 Å². The van der Waals surface area contributed by atoms with E-state index in [1.54, 1.807) is 0 Å². The fourth-order valence-corrected chi connectivity index (χ4v) is 4.86. The van der Waals surface area contributed by atoms with Crippen molar-refractivity contribution in [2.75, 3.05) is 0 Å². The molecular formula is C29H30N2. The second kappa shape index (κ2) is 7.85. The van der Waals surface area contributed by atoms with Crippen molar-refractivity contribution in [3.63, 3.8) is 0 Å². The number of benzene rings is 3. The second-order valence-corrected chi connectivity index (χ2v) is 9.02. The molecule has 0 N–H and O–H groups in total. The molecule has 5 rings (SSSR count). The maximum Gasteiger partial charge on any atom is 0.145 e. The summed E-state index contributed by atoms with van der Waals surface area (Å²) in [5.41, 5.74) is 6.50. The molecule has 5 aromatic rings. The highest BCUT2D eigenvalue weighted by atomic mass is 15.0. The van der Waals surface area contributed by atoms with E-state index in [0.29, 0.717) is 12.3 Å². The lowest BCUT2D eigenvalue weighted by atomic mass is 9.89. The standard InChI is InChI=1S/C29H30N2/c1-19(2)16-21-10-9-11-22(17-20(3)4)28(21)27-18-30-29-25-14-6-5-12-23(25)24-13-7-8-15-26(24)31(27)29/h5-15,18-20H,16-17H2,1-4H3/i1D3. The first-order valence-corrected chi connectivity index (χ1v) is 11.1. The molecule has 0 bridgehead atoms. The number of imidazole rings is 1. The van der Waals surface area contributed by atoms with Crippen molar-refractivity contribution in [1.82, 2.24) is 9.38 Å². The summed E-state index contributed by atoms with van der Waals surface area (Å²) in [4.78, 5) is 4.91. The Balaban J connectivity index is 1.85. The largest absolute Gasteiger partial charge is 0.292 e. The third kappa shape index (κ3) is 3.40. The van der Waals surface area contributed by atoms with E-state index < -0.39 is 12.8 Å². The van der Waals surface area contributed by atoms with E-state index in [2.05, 4.69) is 85.0 Å². The number of nitrogens with zero attached hydrogens (tertiary/aromatic N) is 2. The summed E-state index contributed by atoms with van der Waals surface area (Å²) >= 11 is 0. The van der Waals surface area contributed by atoms with Crippen molar-refractivity contribution in [3.8, 4) is 11.3 Å². The van der Waals surface area contributed by atoms with Gasteiger partial charge in [0.15, 0.2) is 0 Å². The van der Waals surface area contributed by atoms with Gasteiger partial charge in [-0.15, -0.1) is 0 Å². The fourth-order valence-electron chi connectivity index (χ4n) is 4.86. The Morgan fingerprint density at radius 3 is 2.13 bits per heavy atom. The molecule has 0 aliphatic heterocycles. The minimum absolute atomic E-state index is 0.433. The van der Waals surface area contributed by atoms with Crippen LogP contribution < -0.4 is 0 Å². The summed E-state index contributed by atoms with van der Waals surface area (Å²) in [5.74, 6) is 0.0445. The van der Waals surface area contributed by atoms with Crippen LogP contribution in [0.25, 0.3) is 38.6 Å². The Bertz CT molecular complexity index is 1490. The third-order valence-corrected chi connectivity index (χ3v) is 6.01. The zero-order valence-corrected chi connectivity index (χ0v) is 18.4. The first-order valence-electron chi connectivity index (χ1n) is 12.6. The van der Waals surface area contributed by atoms with E-state index in [0.717, 1.165) is 39.8 Å². The topological polar surface area (TPSA) is 17.3 Å². The van der Waals surface area contributed by atoms with Crippen LogP contribution in [0.5, 0.6) is 0 Å². The Kier molecular flexibility index (Phi) is 4.19. The van der Waals surface area contributed by atoms with Gasteiger partial charge in [-0.25, -0.2) is 4.98 Å². The summed E-state index contributed by atoms with van der Waals surface area (Å²) in [6, 6.07) is 23.2. The van der Waals surface area contributed by atoms with Crippen LogP contribution in [0.3, 0.4) is 0 Å². The van der Waals surface area contributed by atoms with E-state index in [9.17, 15) is 0 Å². The molecule has 2 heterocycles. The van der Waals surface area contributed by atoms with E-state index in [4.69, 9.17) is 9.10 Å². The molecular weight excluding hydrogens is 376 g/mol. The predicted octanol–water partition coefficient (Wildman–Crippen LogP) is 7.70. The molecule has 0 fully saturated rings. The molecule has 31 heavy (non-hydrogen) atoms. The lowest BCUT2D eigenvalue weighted by molar-refractivity contribution is 0.637. The average Bonchev–Trinajstić information content (AvgIpc) is 3.23. The molecule has 0 saturated carbocycles. The van der Waals surface area contributed by atoms with Crippen molar-refractivity contribution in [2.24, 2.45) is 11.8 Å². The SMILES string of the molecule is [2H]C([2H])([2H])C(C)Cc1cccc(CC(C)C)c1-c1cnc2c3ccccc3c3ccccc3n12. The van der Waals surface area contributed by atoms with E-state index in [1.165, 1.54) is 16.3 Å². The van der Waals surface area contributed by atoms with Gasteiger partial charge in [0.25, 0.3) is 0 Å². The smallest absolute Gasteiger partial charge is 0.145 e. The maximum atomic E-state index is 7.94. The van der Waals surface area contributed by atoms with Crippen molar-refractivity contribution in [1.29, 1.82) is 0 Å². The number of aromatic nitrogens is 2. The molecule has 2 nitrogen and oxygen atoms in total. The van der Waals surface area contributed by atoms with Crippen molar-refractivity contribution in [2.45, 2.75) is 40.5 Å². The first-order chi connectivity index (χ1) is 16.3. The van der Waals surface area contributed by atoms with Gasteiger partial charge in [-0.05, 0) is 47.3 Å². The molecule has 3 aromatic carbocycles.